The molecule has 0 saturated heterocycles. The summed E-state index contributed by atoms with van der Waals surface area (Å²) < 4.78 is 51.4. The van der Waals surface area contributed by atoms with E-state index < -0.39 is 17.6 Å². The molecule has 21 heavy (non-hydrogen) atoms. The normalized spacial score (nSPS) is 13.7. The van der Waals surface area contributed by atoms with Gasteiger partial charge in [-0.2, -0.15) is 13.2 Å². The molecule has 120 valence electrons. The molecule has 0 bridgehead atoms. The topological polar surface area (TPSA) is 15.3 Å². The van der Waals surface area contributed by atoms with Gasteiger partial charge in [-0.15, -0.1) is 0 Å². The first-order valence-electron chi connectivity index (χ1n) is 7.09. The maximum Gasteiger partial charge on any atom is 0.416 e. The Morgan fingerprint density at radius 3 is 2.33 bits per heavy atom. The van der Waals surface area contributed by atoms with Crippen LogP contribution in [0, 0.1) is 5.82 Å². The van der Waals surface area contributed by atoms with Gasteiger partial charge < -0.3 is 10.2 Å². The van der Waals surface area contributed by atoms with Crippen molar-refractivity contribution in [2.75, 3.05) is 19.6 Å². The summed E-state index contributed by atoms with van der Waals surface area (Å²) >= 11 is 0. The van der Waals surface area contributed by atoms with E-state index in [0.717, 1.165) is 37.8 Å². The number of benzene rings is 1. The van der Waals surface area contributed by atoms with E-state index in [2.05, 4.69) is 10.2 Å². The van der Waals surface area contributed by atoms with Gasteiger partial charge in [0.25, 0.3) is 0 Å². The van der Waals surface area contributed by atoms with Crippen LogP contribution in [0.4, 0.5) is 17.6 Å². The zero-order valence-corrected chi connectivity index (χ0v) is 12.6. The van der Waals surface area contributed by atoms with Crippen molar-refractivity contribution in [3.63, 3.8) is 0 Å². The fourth-order valence-corrected chi connectivity index (χ4v) is 2.10. The van der Waals surface area contributed by atoms with Crippen molar-refractivity contribution < 1.29 is 17.6 Å². The third kappa shape index (κ3) is 5.63. The van der Waals surface area contributed by atoms with Gasteiger partial charge in [-0.25, -0.2) is 4.39 Å². The van der Waals surface area contributed by atoms with E-state index in [-0.39, 0.29) is 18.2 Å². The molecular formula is C15H22F4N2. The molecule has 0 heterocycles. The summed E-state index contributed by atoms with van der Waals surface area (Å²) in [7, 11) is 0. The van der Waals surface area contributed by atoms with Gasteiger partial charge in [-0.1, -0.05) is 13.8 Å². The zero-order chi connectivity index (χ0) is 16.0. The summed E-state index contributed by atoms with van der Waals surface area (Å²) in [5.41, 5.74) is -0.784. The maximum atomic E-state index is 13.6. The molecule has 1 aromatic carbocycles. The lowest BCUT2D eigenvalue weighted by Gasteiger charge is -2.23. The van der Waals surface area contributed by atoms with Crippen molar-refractivity contribution in [3.8, 4) is 0 Å². The number of hydrogen-bond donors (Lipinski definition) is 1. The molecule has 0 aliphatic rings. The van der Waals surface area contributed by atoms with Crippen molar-refractivity contribution >= 4 is 0 Å². The standard InChI is InChI=1S/C15H22F4N2/c1-4-21(5-2)10-11(3)20-9-12-8-13(15(17,18)19)6-7-14(12)16/h6-8,11,20H,4-5,9-10H2,1-3H3. The lowest BCUT2D eigenvalue weighted by Crippen LogP contribution is -2.38. The van der Waals surface area contributed by atoms with Gasteiger partial charge in [0.05, 0.1) is 5.56 Å². The van der Waals surface area contributed by atoms with E-state index in [1.165, 1.54) is 0 Å². The highest BCUT2D eigenvalue weighted by Crippen LogP contribution is 2.30. The molecule has 0 aliphatic heterocycles. The summed E-state index contributed by atoms with van der Waals surface area (Å²) in [4.78, 5) is 2.19. The first-order chi connectivity index (χ1) is 9.77. The minimum Gasteiger partial charge on any atom is -0.309 e. The Hall–Kier alpha value is -1.14. The van der Waals surface area contributed by atoms with Crippen molar-refractivity contribution in [1.82, 2.24) is 10.2 Å². The Labute approximate surface area is 123 Å². The molecule has 1 N–H and O–H groups in total. The highest BCUT2D eigenvalue weighted by Gasteiger charge is 2.31. The molecule has 0 aromatic heterocycles. The minimum absolute atomic E-state index is 0.0382. The van der Waals surface area contributed by atoms with E-state index in [1.54, 1.807) is 0 Å². The highest BCUT2D eigenvalue weighted by atomic mass is 19.4. The lowest BCUT2D eigenvalue weighted by molar-refractivity contribution is -0.137. The van der Waals surface area contributed by atoms with Crippen molar-refractivity contribution in [1.29, 1.82) is 0 Å². The number of nitrogens with zero attached hydrogens (tertiary/aromatic N) is 1. The minimum atomic E-state index is -4.45. The van der Waals surface area contributed by atoms with E-state index in [0.29, 0.717) is 0 Å². The average Bonchev–Trinajstić information content (AvgIpc) is 2.42. The van der Waals surface area contributed by atoms with E-state index >= 15 is 0 Å². The lowest BCUT2D eigenvalue weighted by atomic mass is 10.1. The van der Waals surface area contributed by atoms with Crippen LogP contribution in [0.25, 0.3) is 0 Å². The summed E-state index contributed by atoms with van der Waals surface area (Å²) in [6.45, 7) is 8.68. The van der Waals surface area contributed by atoms with Crippen molar-refractivity contribution in [2.24, 2.45) is 0 Å². The molecule has 1 rings (SSSR count). The Morgan fingerprint density at radius 2 is 1.81 bits per heavy atom. The second-order valence-corrected chi connectivity index (χ2v) is 5.07. The highest BCUT2D eigenvalue weighted by molar-refractivity contribution is 5.27. The van der Waals surface area contributed by atoms with Crippen LogP contribution in [-0.2, 0) is 12.7 Å². The van der Waals surface area contributed by atoms with Gasteiger partial charge in [0, 0.05) is 24.7 Å². The van der Waals surface area contributed by atoms with Gasteiger partial charge in [0.15, 0.2) is 0 Å². The molecular weight excluding hydrogens is 284 g/mol. The molecule has 1 aromatic rings. The second-order valence-electron chi connectivity index (χ2n) is 5.07. The summed E-state index contributed by atoms with van der Waals surface area (Å²) in [6.07, 6.45) is -4.45. The monoisotopic (exact) mass is 306 g/mol. The Morgan fingerprint density at radius 1 is 1.19 bits per heavy atom. The number of alkyl halides is 3. The quantitative estimate of drug-likeness (QED) is 0.773. The summed E-state index contributed by atoms with van der Waals surface area (Å²) in [5.74, 6) is -0.620. The molecule has 0 spiro atoms. The number of halogens is 4. The van der Waals surface area contributed by atoms with Gasteiger partial charge in [0.1, 0.15) is 5.82 Å². The van der Waals surface area contributed by atoms with Gasteiger partial charge in [0.2, 0.25) is 0 Å². The van der Waals surface area contributed by atoms with Crippen LogP contribution in [0.3, 0.4) is 0 Å². The zero-order valence-electron chi connectivity index (χ0n) is 12.6. The average molecular weight is 306 g/mol. The van der Waals surface area contributed by atoms with Crippen LogP contribution < -0.4 is 5.32 Å². The first kappa shape index (κ1) is 17.9. The number of rotatable bonds is 7. The third-order valence-corrected chi connectivity index (χ3v) is 3.44. The molecule has 2 nitrogen and oxygen atoms in total. The fraction of sp³-hybridized carbons (Fsp3) is 0.600. The van der Waals surface area contributed by atoms with Gasteiger partial charge in [-0.3, -0.25) is 0 Å². The number of hydrogen-bond acceptors (Lipinski definition) is 2. The number of nitrogens with one attached hydrogen (secondary N) is 1. The van der Waals surface area contributed by atoms with Crippen LogP contribution in [0.5, 0.6) is 0 Å². The molecule has 6 heteroatoms. The molecule has 0 aliphatic carbocycles. The van der Waals surface area contributed by atoms with Crippen LogP contribution in [0.1, 0.15) is 31.9 Å². The van der Waals surface area contributed by atoms with E-state index in [4.69, 9.17) is 0 Å². The Kier molecular flexibility index (Phi) is 6.61. The molecule has 0 saturated carbocycles. The van der Waals surface area contributed by atoms with E-state index in [9.17, 15) is 17.6 Å². The fourth-order valence-electron chi connectivity index (χ4n) is 2.10. The molecule has 0 fully saturated rings. The summed E-state index contributed by atoms with van der Waals surface area (Å²) in [6, 6.07) is 2.57. The van der Waals surface area contributed by atoms with Crippen LogP contribution in [-0.4, -0.2) is 30.6 Å². The molecule has 1 atom stereocenters. The van der Waals surface area contributed by atoms with Gasteiger partial charge >= 0.3 is 6.18 Å². The van der Waals surface area contributed by atoms with Crippen molar-refractivity contribution in [2.45, 2.75) is 39.5 Å². The molecule has 1 unspecified atom stereocenters. The second kappa shape index (κ2) is 7.75. The largest absolute Gasteiger partial charge is 0.416 e. The van der Waals surface area contributed by atoms with Crippen LogP contribution in [0.15, 0.2) is 18.2 Å². The molecule has 0 amide bonds. The number of likely N-dealkylation sites (N-methyl/N-ethyl adjacent to an activating group) is 1. The Bertz CT molecular complexity index is 442. The molecule has 0 radical (unpaired) electrons. The third-order valence-electron chi connectivity index (χ3n) is 3.44. The van der Waals surface area contributed by atoms with Gasteiger partial charge in [-0.05, 0) is 38.2 Å². The van der Waals surface area contributed by atoms with Crippen LogP contribution >= 0.6 is 0 Å². The first-order valence-corrected chi connectivity index (χ1v) is 7.09. The predicted molar refractivity (Wildman–Crippen MR) is 75.5 cm³/mol. The summed E-state index contributed by atoms with van der Waals surface area (Å²) in [5, 5.41) is 3.07. The Balaban J connectivity index is 2.66. The SMILES string of the molecule is CCN(CC)CC(C)NCc1cc(C(F)(F)F)ccc1F. The smallest absolute Gasteiger partial charge is 0.309 e. The maximum absolute atomic E-state index is 13.6. The van der Waals surface area contributed by atoms with Crippen LogP contribution in [0.2, 0.25) is 0 Å². The predicted octanol–water partition coefficient (Wildman–Crippen LogP) is 3.66. The van der Waals surface area contributed by atoms with Crippen molar-refractivity contribution in [3.05, 3.63) is 35.1 Å². The van der Waals surface area contributed by atoms with E-state index in [1.807, 2.05) is 20.8 Å².